The highest BCUT2D eigenvalue weighted by Gasteiger charge is 2.14. The summed E-state index contributed by atoms with van der Waals surface area (Å²) in [6, 6.07) is 15.6. The van der Waals surface area contributed by atoms with Crippen molar-refractivity contribution >= 4 is 11.8 Å². The zero-order valence-electron chi connectivity index (χ0n) is 24.7. The number of ether oxygens (including phenoxy) is 2. The maximum atomic E-state index is 12.0. The second-order valence-electron chi connectivity index (χ2n) is 10.1. The summed E-state index contributed by atoms with van der Waals surface area (Å²) in [7, 11) is 0. The van der Waals surface area contributed by atoms with Gasteiger partial charge in [0.05, 0.1) is 5.41 Å². The number of allylic oxidation sites excluding steroid dienone is 6. The molecule has 0 saturated heterocycles. The highest BCUT2D eigenvalue weighted by Crippen LogP contribution is 2.22. The molecule has 224 valence electrons. The average Bonchev–Trinajstić information content (AvgIpc) is 3.01. The third-order valence-electron chi connectivity index (χ3n) is 6.46. The van der Waals surface area contributed by atoms with Gasteiger partial charge in [-0.15, -0.1) is 0 Å². The molecule has 8 nitrogen and oxygen atoms in total. The van der Waals surface area contributed by atoms with Crippen LogP contribution in [0.2, 0.25) is 0 Å². The molecule has 0 saturated carbocycles. The van der Waals surface area contributed by atoms with Gasteiger partial charge >= 0.3 is 0 Å². The van der Waals surface area contributed by atoms with Gasteiger partial charge in [0.2, 0.25) is 11.8 Å². The first-order valence-corrected chi connectivity index (χ1v) is 14.2. The molecule has 2 aromatic carbocycles. The molecule has 43 heavy (non-hydrogen) atoms. The van der Waals surface area contributed by atoms with Gasteiger partial charge in [0.1, 0.15) is 26.4 Å². The molecule has 6 N–H and O–H groups in total. The normalized spacial score (nSPS) is 17.0. The molecule has 2 aromatic rings. The van der Waals surface area contributed by atoms with Crippen molar-refractivity contribution in [2.75, 3.05) is 26.4 Å². The van der Waals surface area contributed by atoms with Crippen molar-refractivity contribution in [1.82, 2.24) is 10.6 Å². The summed E-state index contributed by atoms with van der Waals surface area (Å²) < 4.78 is 10.8. The van der Waals surface area contributed by atoms with E-state index < -0.39 is 5.41 Å². The number of benzene rings is 2. The van der Waals surface area contributed by atoms with Crippen molar-refractivity contribution in [3.05, 3.63) is 107 Å². The van der Waals surface area contributed by atoms with Crippen LogP contribution in [0, 0.1) is 29.1 Å². The Bertz CT molecular complexity index is 1420. The molecule has 2 amide bonds. The molecule has 1 atom stereocenters. The van der Waals surface area contributed by atoms with E-state index in [0.717, 1.165) is 27.8 Å². The zero-order valence-corrected chi connectivity index (χ0v) is 24.7. The quantitative estimate of drug-likeness (QED) is 0.174. The van der Waals surface area contributed by atoms with E-state index >= 15 is 0 Å². The van der Waals surface area contributed by atoms with Crippen LogP contribution in [0.25, 0.3) is 0 Å². The van der Waals surface area contributed by atoms with Crippen LogP contribution in [-0.4, -0.2) is 38.2 Å². The lowest BCUT2D eigenvalue weighted by Gasteiger charge is -2.15. The van der Waals surface area contributed by atoms with Crippen molar-refractivity contribution in [1.29, 1.82) is 0 Å². The van der Waals surface area contributed by atoms with E-state index in [1.165, 1.54) is 0 Å². The molecule has 1 aliphatic carbocycles. The molecule has 1 aliphatic rings. The molecule has 0 spiro atoms. The van der Waals surface area contributed by atoms with E-state index in [-0.39, 0.29) is 38.2 Å². The van der Waals surface area contributed by atoms with Crippen LogP contribution in [-0.2, 0) is 45.2 Å². The number of rotatable bonds is 12. The van der Waals surface area contributed by atoms with Gasteiger partial charge in [-0.1, -0.05) is 103 Å². The number of hydrogen-bond donors (Lipinski definition) is 4. The van der Waals surface area contributed by atoms with Crippen molar-refractivity contribution in [3.8, 4) is 23.7 Å². The Morgan fingerprint density at radius 3 is 1.84 bits per heavy atom. The van der Waals surface area contributed by atoms with E-state index in [1.807, 2.05) is 85.8 Å². The van der Waals surface area contributed by atoms with Crippen molar-refractivity contribution in [3.63, 3.8) is 0 Å². The fourth-order valence-corrected chi connectivity index (χ4v) is 3.95. The van der Waals surface area contributed by atoms with Crippen molar-refractivity contribution in [2.24, 2.45) is 16.9 Å². The van der Waals surface area contributed by atoms with E-state index in [2.05, 4.69) is 34.3 Å². The van der Waals surface area contributed by atoms with Crippen molar-refractivity contribution < 1.29 is 19.1 Å². The Morgan fingerprint density at radius 2 is 1.30 bits per heavy atom. The number of carbonyl (C=O) groups excluding carboxylic acids is 2. The fraction of sp³-hybridized carbons (Fsp3) is 0.314. The van der Waals surface area contributed by atoms with Gasteiger partial charge in [-0.05, 0) is 35.6 Å². The summed E-state index contributed by atoms with van der Waals surface area (Å²) in [5, 5.41) is 5.66. The second-order valence-corrected chi connectivity index (χ2v) is 10.1. The Morgan fingerprint density at radius 1 is 0.791 bits per heavy atom. The van der Waals surface area contributed by atoms with E-state index in [4.69, 9.17) is 20.9 Å². The van der Waals surface area contributed by atoms with Crippen LogP contribution in [0.5, 0.6) is 0 Å². The zero-order chi connectivity index (χ0) is 30.8. The first-order chi connectivity index (χ1) is 20.9. The Balaban J connectivity index is 1.32. The molecule has 0 bridgehead atoms. The number of nitrogens with one attached hydrogen (secondary N) is 2. The molecule has 0 aliphatic heterocycles. The maximum absolute atomic E-state index is 12.0. The number of hydrogen-bond acceptors (Lipinski definition) is 6. The molecular formula is C35H40N4O4. The second kappa shape index (κ2) is 18.2. The summed E-state index contributed by atoms with van der Waals surface area (Å²) in [6.07, 6.45) is 10.6. The Kier molecular flexibility index (Phi) is 14.0. The average molecular weight is 581 g/mol. The number of nitrogens with two attached hydrogens (primary N) is 2. The molecule has 0 aromatic heterocycles. The molecule has 0 heterocycles. The number of carbonyl (C=O) groups is 2. The van der Waals surface area contributed by atoms with Crippen LogP contribution in [0.1, 0.15) is 35.6 Å². The first-order valence-electron chi connectivity index (χ1n) is 14.2. The van der Waals surface area contributed by atoms with Gasteiger partial charge in [0.15, 0.2) is 0 Å². The van der Waals surface area contributed by atoms with Gasteiger partial charge in [0, 0.05) is 31.8 Å². The van der Waals surface area contributed by atoms with Gasteiger partial charge in [0.25, 0.3) is 0 Å². The van der Waals surface area contributed by atoms with E-state index in [9.17, 15) is 9.59 Å². The minimum atomic E-state index is -0.459. The topological polar surface area (TPSA) is 129 Å². The summed E-state index contributed by atoms with van der Waals surface area (Å²) in [5.74, 6) is 11.9. The summed E-state index contributed by atoms with van der Waals surface area (Å²) in [6.45, 7) is 4.07. The van der Waals surface area contributed by atoms with Crippen LogP contribution in [0.4, 0.5) is 0 Å². The summed E-state index contributed by atoms with van der Waals surface area (Å²) in [5.41, 5.74) is 15.8. The largest absolute Gasteiger partial charge is 0.359 e. The predicted molar refractivity (Wildman–Crippen MR) is 169 cm³/mol. The van der Waals surface area contributed by atoms with E-state index in [0.29, 0.717) is 32.6 Å². The molecule has 3 rings (SSSR count). The lowest BCUT2D eigenvalue weighted by molar-refractivity contribution is -0.126. The van der Waals surface area contributed by atoms with Crippen LogP contribution < -0.4 is 22.1 Å². The van der Waals surface area contributed by atoms with Gasteiger partial charge in [-0.3, -0.25) is 9.59 Å². The first kappa shape index (κ1) is 33.1. The van der Waals surface area contributed by atoms with E-state index in [1.54, 1.807) is 0 Å². The van der Waals surface area contributed by atoms with Gasteiger partial charge in [-0.2, -0.15) is 0 Å². The Hall–Kier alpha value is -4.44. The van der Waals surface area contributed by atoms with Gasteiger partial charge in [-0.25, -0.2) is 0 Å². The Labute approximate surface area is 254 Å². The third-order valence-corrected chi connectivity index (χ3v) is 6.46. The summed E-state index contributed by atoms with van der Waals surface area (Å²) >= 11 is 0. The van der Waals surface area contributed by atoms with Gasteiger partial charge < -0.3 is 31.6 Å². The monoisotopic (exact) mass is 580 g/mol. The van der Waals surface area contributed by atoms with Crippen LogP contribution in [0.3, 0.4) is 0 Å². The van der Waals surface area contributed by atoms with Crippen LogP contribution in [0.15, 0.2) is 84.5 Å². The minimum absolute atomic E-state index is 0.0518. The highest BCUT2D eigenvalue weighted by atomic mass is 16.5. The maximum Gasteiger partial charge on any atom is 0.246 e. The lowest BCUT2D eigenvalue weighted by Crippen LogP contribution is -2.27. The lowest BCUT2D eigenvalue weighted by atomic mass is 9.88. The number of amides is 2. The molecule has 0 radical (unpaired) electrons. The minimum Gasteiger partial charge on any atom is -0.359 e. The third kappa shape index (κ3) is 13.0. The standard InChI is InChI=1S/C35H40N4O4/c1-35(19-5-21-43-27-34(41)39-25-32-15-11-30(23-37)12-16-32)17-2-6-28(7-3-18-35)8-4-20-42-26-33(40)38-24-31-13-9-29(22-36)10-14-31/h2-3,6,9-18H,7,20-27,36-37H2,1H3,(H,38,40)(H,39,41)/b17-2-,18-3-,28-6?. The molecular weight excluding hydrogens is 540 g/mol. The smallest absolute Gasteiger partial charge is 0.246 e. The highest BCUT2D eigenvalue weighted by molar-refractivity contribution is 5.77. The molecule has 8 heteroatoms. The molecule has 1 unspecified atom stereocenters. The molecule has 0 fully saturated rings. The SMILES string of the molecule is CC1(C#CCOCC(=O)NCc2ccc(CN)cc2)/C=C\C=C(C#CCOCC(=O)NCc2ccc(CN)cc2)C/C=C\1. The van der Waals surface area contributed by atoms with Crippen molar-refractivity contribution in [2.45, 2.75) is 39.5 Å². The summed E-state index contributed by atoms with van der Waals surface area (Å²) in [4.78, 5) is 24.1. The van der Waals surface area contributed by atoms with Crippen LogP contribution >= 0.6 is 0 Å². The predicted octanol–water partition coefficient (Wildman–Crippen LogP) is 3.03. The fourth-order valence-electron chi connectivity index (χ4n) is 3.95.